The largest absolute Gasteiger partial charge is 0.207 e. The molecule has 0 aliphatic heterocycles. The number of unbranched alkanes of at least 4 members (excludes halogenated alkanes) is 1. The third-order valence-corrected chi connectivity index (χ3v) is 8.11. The zero-order valence-electron chi connectivity index (χ0n) is 19.6. The minimum atomic E-state index is -0.669. The van der Waals surface area contributed by atoms with Gasteiger partial charge in [-0.2, -0.15) is 0 Å². The van der Waals surface area contributed by atoms with E-state index in [1.54, 1.807) is 6.07 Å². The first-order chi connectivity index (χ1) is 15.5. The molecule has 3 heteroatoms. The predicted octanol–water partition coefficient (Wildman–Crippen LogP) is 9.26. The van der Waals surface area contributed by atoms with Gasteiger partial charge >= 0.3 is 0 Å². The lowest BCUT2D eigenvalue weighted by molar-refractivity contribution is 0.112. The third kappa shape index (κ3) is 4.92. The number of hydrogen-bond donors (Lipinski definition) is 0. The summed E-state index contributed by atoms with van der Waals surface area (Å²) in [6, 6.07) is 4.53. The fraction of sp³-hybridized carbons (Fsp3) is 0.586. The van der Waals surface area contributed by atoms with Gasteiger partial charge in [-0.3, -0.25) is 0 Å². The molecule has 2 fully saturated rings. The molecule has 0 N–H and O–H groups in total. The first-order valence-electron chi connectivity index (χ1n) is 12.7. The van der Waals surface area contributed by atoms with Crippen molar-refractivity contribution in [3.63, 3.8) is 0 Å². The van der Waals surface area contributed by atoms with Gasteiger partial charge in [-0.05, 0) is 98.6 Å². The predicted molar refractivity (Wildman–Crippen MR) is 127 cm³/mol. The van der Waals surface area contributed by atoms with Gasteiger partial charge in [0.05, 0.1) is 5.39 Å². The first-order valence-corrected chi connectivity index (χ1v) is 12.7. The van der Waals surface area contributed by atoms with Crippen molar-refractivity contribution < 1.29 is 13.2 Å². The van der Waals surface area contributed by atoms with Crippen molar-refractivity contribution in [1.29, 1.82) is 0 Å². The summed E-state index contributed by atoms with van der Waals surface area (Å²) in [5.74, 6) is 0.212. The van der Waals surface area contributed by atoms with E-state index in [9.17, 15) is 4.39 Å². The Morgan fingerprint density at radius 3 is 2.50 bits per heavy atom. The molecule has 0 aromatic heterocycles. The second kappa shape index (κ2) is 10.4. The zero-order valence-corrected chi connectivity index (χ0v) is 19.6. The Hall–Kier alpha value is -1.77. The lowest BCUT2D eigenvalue weighted by atomic mass is 9.63. The van der Waals surface area contributed by atoms with E-state index in [-0.39, 0.29) is 16.9 Å². The summed E-state index contributed by atoms with van der Waals surface area (Å²) in [5.41, 5.74) is 0.907. The van der Waals surface area contributed by atoms with Crippen LogP contribution in [0.5, 0.6) is 0 Å². The van der Waals surface area contributed by atoms with Crippen molar-refractivity contribution in [1.82, 2.24) is 0 Å². The molecule has 174 valence electrons. The van der Waals surface area contributed by atoms with Gasteiger partial charge in [0.1, 0.15) is 17.5 Å². The highest BCUT2D eigenvalue weighted by atomic mass is 19.1. The minimum absolute atomic E-state index is 0.0402. The van der Waals surface area contributed by atoms with E-state index in [0.717, 1.165) is 37.2 Å². The molecule has 2 aromatic carbocycles. The maximum atomic E-state index is 15.5. The molecule has 0 radical (unpaired) electrons. The van der Waals surface area contributed by atoms with E-state index in [2.05, 4.69) is 6.92 Å². The van der Waals surface area contributed by atoms with Gasteiger partial charge in [0.15, 0.2) is 0 Å². The summed E-state index contributed by atoms with van der Waals surface area (Å²) in [7, 11) is 0. The number of fused-ring (bicyclic) bond motifs is 2. The van der Waals surface area contributed by atoms with Crippen molar-refractivity contribution in [2.45, 2.75) is 90.4 Å². The molecule has 4 atom stereocenters. The molecule has 0 amide bonds. The molecule has 0 nitrogen and oxygen atoms in total. The molecule has 2 aliphatic rings. The van der Waals surface area contributed by atoms with Gasteiger partial charge in [-0.25, -0.2) is 13.2 Å². The average molecular weight is 443 g/mol. The second-order valence-electron chi connectivity index (χ2n) is 10.2. The van der Waals surface area contributed by atoms with Crippen LogP contribution in [-0.2, 0) is 6.42 Å². The molecule has 0 spiro atoms. The van der Waals surface area contributed by atoms with Crippen molar-refractivity contribution >= 4 is 10.8 Å². The fourth-order valence-electron chi connectivity index (χ4n) is 6.42. The fourth-order valence-corrected chi connectivity index (χ4v) is 6.42. The van der Waals surface area contributed by atoms with Gasteiger partial charge in [-0.1, -0.05) is 50.8 Å². The number of aryl methyl sites for hydroxylation is 1. The molecule has 2 saturated carbocycles. The Morgan fingerprint density at radius 2 is 1.72 bits per heavy atom. The van der Waals surface area contributed by atoms with Crippen LogP contribution in [0.15, 0.2) is 30.4 Å². The number of halogens is 3. The highest BCUT2D eigenvalue weighted by Crippen LogP contribution is 2.49. The Morgan fingerprint density at radius 1 is 0.938 bits per heavy atom. The summed E-state index contributed by atoms with van der Waals surface area (Å²) >= 11 is 0. The SMILES string of the molecule is CC=CCCc1cc(F)c2c(F)c(C3CCC4CC(CCCC)CCC4C3)c(F)cc2c1. The summed E-state index contributed by atoms with van der Waals surface area (Å²) in [5, 5.41) is 0.297. The summed E-state index contributed by atoms with van der Waals surface area (Å²) in [6.45, 7) is 4.19. The molecule has 2 aromatic rings. The van der Waals surface area contributed by atoms with Crippen molar-refractivity contribution in [3.05, 3.63) is 58.9 Å². The lowest BCUT2D eigenvalue weighted by Crippen LogP contribution is -2.31. The highest BCUT2D eigenvalue weighted by Gasteiger charge is 2.37. The van der Waals surface area contributed by atoms with Crippen LogP contribution in [0.3, 0.4) is 0 Å². The van der Waals surface area contributed by atoms with Crippen LogP contribution >= 0.6 is 0 Å². The quantitative estimate of drug-likeness (QED) is 0.375. The molecular formula is C29H37F3. The first kappa shape index (κ1) is 23.4. The monoisotopic (exact) mass is 442 g/mol. The number of benzene rings is 2. The Balaban J connectivity index is 1.55. The van der Waals surface area contributed by atoms with Crippen LogP contribution in [0.2, 0.25) is 0 Å². The summed E-state index contributed by atoms with van der Waals surface area (Å²) in [6.07, 6.45) is 15.7. The van der Waals surface area contributed by atoms with Crippen LogP contribution in [0, 0.1) is 35.2 Å². The summed E-state index contributed by atoms with van der Waals surface area (Å²) in [4.78, 5) is 0. The van der Waals surface area contributed by atoms with E-state index in [0.29, 0.717) is 23.6 Å². The van der Waals surface area contributed by atoms with Gasteiger partial charge in [0.25, 0.3) is 0 Å². The number of hydrogen-bond acceptors (Lipinski definition) is 0. The molecule has 0 bridgehead atoms. The smallest absolute Gasteiger partial charge is 0.140 e. The Kier molecular flexibility index (Phi) is 7.63. The Bertz CT molecular complexity index is 961. The van der Waals surface area contributed by atoms with Crippen molar-refractivity contribution in [2.75, 3.05) is 0 Å². The topological polar surface area (TPSA) is 0 Å². The highest BCUT2D eigenvalue weighted by molar-refractivity contribution is 5.85. The van der Waals surface area contributed by atoms with Gasteiger partial charge < -0.3 is 0 Å². The van der Waals surface area contributed by atoms with E-state index < -0.39 is 17.5 Å². The van der Waals surface area contributed by atoms with Crippen LogP contribution in [0.4, 0.5) is 13.2 Å². The summed E-state index contributed by atoms with van der Waals surface area (Å²) < 4.78 is 45.7. The van der Waals surface area contributed by atoms with Gasteiger partial charge in [0.2, 0.25) is 0 Å². The van der Waals surface area contributed by atoms with Crippen LogP contribution < -0.4 is 0 Å². The molecule has 0 saturated heterocycles. The van der Waals surface area contributed by atoms with Crippen molar-refractivity contribution in [2.24, 2.45) is 17.8 Å². The van der Waals surface area contributed by atoms with E-state index in [1.165, 1.54) is 50.7 Å². The molecule has 0 heterocycles. The van der Waals surface area contributed by atoms with Crippen molar-refractivity contribution in [3.8, 4) is 0 Å². The number of allylic oxidation sites excluding steroid dienone is 2. The maximum Gasteiger partial charge on any atom is 0.140 e. The van der Waals surface area contributed by atoms with E-state index in [1.807, 2.05) is 19.1 Å². The molecule has 4 unspecified atom stereocenters. The second-order valence-corrected chi connectivity index (χ2v) is 10.2. The van der Waals surface area contributed by atoms with E-state index in [4.69, 9.17) is 0 Å². The standard InChI is InChI=1S/C29H37F3/c1-3-5-7-9-20-15-24-18-26(31)27(29(32)28(24)25(30)16-20)23-13-12-21-14-19(8-6-4-2)10-11-22(21)17-23/h3,5,15-16,18-19,21-23H,4,6-14,17H2,1-2H3. The molecule has 32 heavy (non-hydrogen) atoms. The molecular weight excluding hydrogens is 405 g/mol. The van der Waals surface area contributed by atoms with Crippen LogP contribution in [0.25, 0.3) is 10.8 Å². The molecule has 4 rings (SSSR count). The van der Waals surface area contributed by atoms with Crippen LogP contribution in [0.1, 0.15) is 95.1 Å². The zero-order chi connectivity index (χ0) is 22.7. The normalized spacial score (nSPS) is 26.0. The lowest BCUT2D eigenvalue weighted by Gasteiger charge is -2.42. The molecule has 2 aliphatic carbocycles. The average Bonchev–Trinajstić information content (AvgIpc) is 2.77. The van der Waals surface area contributed by atoms with Gasteiger partial charge in [-0.15, -0.1) is 0 Å². The number of rotatable bonds is 7. The maximum absolute atomic E-state index is 15.5. The minimum Gasteiger partial charge on any atom is -0.207 e. The van der Waals surface area contributed by atoms with Crippen LogP contribution in [-0.4, -0.2) is 0 Å². The van der Waals surface area contributed by atoms with E-state index >= 15 is 8.78 Å². The third-order valence-electron chi connectivity index (χ3n) is 8.11. The van der Waals surface area contributed by atoms with Gasteiger partial charge in [0, 0.05) is 5.56 Å². The Labute approximate surface area is 191 Å².